The molecule has 3 nitrogen and oxygen atoms in total. The minimum absolute atomic E-state index is 0.883. The minimum atomic E-state index is 0.883. The predicted octanol–water partition coefficient (Wildman–Crippen LogP) is 18.8. The Hall–Kier alpha value is -9.18. The van der Waals surface area contributed by atoms with E-state index in [4.69, 9.17) is 8.83 Å². The van der Waals surface area contributed by atoms with Gasteiger partial charge in [0.15, 0.2) is 0 Å². The van der Waals surface area contributed by atoms with Crippen LogP contribution in [0.3, 0.4) is 0 Å². The van der Waals surface area contributed by atoms with Gasteiger partial charge >= 0.3 is 0 Å². The molecular formula is C66H37NO2. The van der Waals surface area contributed by atoms with Crippen LogP contribution in [0.5, 0.6) is 0 Å². The Kier molecular flexibility index (Phi) is 7.34. The molecule has 0 N–H and O–H groups in total. The van der Waals surface area contributed by atoms with Crippen molar-refractivity contribution in [2.45, 2.75) is 0 Å². The molecule has 0 bridgehead atoms. The van der Waals surface area contributed by atoms with Gasteiger partial charge in [-0.25, -0.2) is 0 Å². The lowest BCUT2D eigenvalue weighted by atomic mass is 9.85. The van der Waals surface area contributed by atoms with Gasteiger partial charge in [-0.2, -0.15) is 0 Å². The first-order valence-corrected chi connectivity index (χ1v) is 23.7. The van der Waals surface area contributed by atoms with E-state index in [0.717, 1.165) is 66.2 Å². The fourth-order valence-corrected chi connectivity index (χ4v) is 12.1. The Balaban J connectivity index is 0.920. The Morgan fingerprint density at radius 1 is 0.261 bits per heavy atom. The van der Waals surface area contributed by atoms with Crippen LogP contribution in [0.25, 0.3) is 158 Å². The molecule has 0 aliphatic heterocycles. The van der Waals surface area contributed by atoms with Crippen molar-refractivity contribution in [3.05, 3.63) is 224 Å². The normalized spacial score (nSPS) is 12.3. The topological polar surface area (TPSA) is 31.2 Å². The Bertz CT molecular complexity index is 4840. The summed E-state index contributed by atoms with van der Waals surface area (Å²) < 4.78 is 15.8. The average Bonchev–Trinajstić information content (AvgIpc) is 4.08. The number of para-hydroxylation sites is 2. The van der Waals surface area contributed by atoms with Crippen LogP contribution >= 0.6 is 0 Å². The van der Waals surface area contributed by atoms with Crippen LogP contribution in [0.4, 0.5) is 0 Å². The summed E-state index contributed by atoms with van der Waals surface area (Å²) >= 11 is 0. The van der Waals surface area contributed by atoms with E-state index in [0.29, 0.717) is 0 Å². The van der Waals surface area contributed by atoms with Gasteiger partial charge < -0.3 is 13.4 Å². The fraction of sp³-hybridized carbons (Fsp3) is 0. The molecule has 69 heavy (non-hydrogen) atoms. The molecule has 0 radical (unpaired) electrons. The summed E-state index contributed by atoms with van der Waals surface area (Å²) in [5.41, 5.74) is 11.7. The summed E-state index contributed by atoms with van der Waals surface area (Å²) in [6, 6.07) is 82.1. The number of hydrogen-bond acceptors (Lipinski definition) is 2. The third kappa shape index (κ3) is 5.11. The third-order valence-electron chi connectivity index (χ3n) is 15.1. The molecule has 0 fully saturated rings. The van der Waals surface area contributed by atoms with Crippen LogP contribution in [0.2, 0.25) is 0 Å². The van der Waals surface area contributed by atoms with E-state index in [9.17, 15) is 0 Å². The van der Waals surface area contributed by atoms with E-state index in [-0.39, 0.29) is 0 Å². The summed E-state index contributed by atoms with van der Waals surface area (Å²) in [4.78, 5) is 0. The highest BCUT2D eigenvalue weighted by atomic mass is 16.3. The number of hydrogen-bond donors (Lipinski definition) is 0. The Morgan fingerprint density at radius 3 is 1.46 bits per heavy atom. The summed E-state index contributed by atoms with van der Waals surface area (Å²) in [6.45, 7) is 0. The van der Waals surface area contributed by atoms with Crippen molar-refractivity contribution in [1.82, 2.24) is 4.57 Å². The van der Waals surface area contributed by atoms with Crippen LogP contribution in [-0.2, 0) is 0 Å². The molecule has 0 aliphatic rings. The van der Waals surface area contributed by atoms with E-state index in [2.05, 4.69) is 223 Å². The van der Waals surface area contributed by atoms with Crippen molar-refractivity contribution >= 4 is 130 Å². The van der Waals surface area contributed by atoms with E-state index in [1.165, 1.54) is 92.1 Å². The van der Waals surface area contributed by atoms with Gasteiger partial charge in [0.05, 0.1) is 16.4 Å². The number of furan rings is 2. The van der Waals surface area contributed by atoms with Gasteiger partial charge in [0, 0.05) is 32.6 Å². The SMILES string of the molecule is c1ccc(-n2c3ccc(-c4c5ccccc5c(-c5ccc6c(c5)oc5cc7c8ccccc8c8cc9ccccc9cc8c7cc56)c5ccccc45)cc3c3ccc4oc5ccccc5c4c32)cc1. The first-order chi connectivity index (χ1) is 34.2. The first-order valence-electron chi connectivity index (χ1n) is 23.7. The molecule has 0 spiro atoms. The lowest BCUT2D eigenvalue weighted by molar-refractivity contribution is 0.669. The molecule has 318 valence electrons. The van der Waals surface area contributed by atoms with Gasteiger partial charge in [0.1, 0.15) is 22.3 Å². The highest BCUT2D eigenvalue weighted by Gasteiger charge is 2.23. The number of benzene rings is 13. The molecular weight excluding hydrogens is 839 g/mol. The van der Waals surface area contributed by atoms with Crippen molar-refractivity contribution in [2.75, 3.05) is 0 Å². The van der Waals surface area contributed by atoms with Crippen molar-refractivity contribution in [1.29, 1.82) is 0 Å². The number of rotatable bonds is 3. The molecule has 16 rings (SSSR count). The van der Waals surface area contributed by atoms with Crippen molar-refractivity contribution in [2.24, 2.45) is 0 Å². The molecule has 0 amide bonds. The van der Waals surface area contributed by atoms with Crippen molar-refractivity contribution in [3.63, 3.8) is 0 Å². The maximum atomic E-state index is 6.92. The second-order valence-corrected chi connectivity index (χ2v) is 18.7. The molecule has 0 saturated carbocycles. The second kappa shape index (κ2) is 13.7. The molecule has 3 heterocycles. The molecule has 13 aromatic carbocycles. The van der Waals surface area contributed by atoms with E-state index in [1.54, 1.807) is 0 Å². The second-order valence-electron chi connectivity index (χ2n) is 18.7. The molecule has 3 heteroatoms. The highest BCUT2D eigenvalue weighted by Crippen LogP contribution is 2.48. The zero-order valence-corrected chi connectivity index (χ0v) is 37.1. The maximum Gasteiger partial charge on any atom is 0.137 e. The molecule has 0 unspecified atom stereocenters. The zero-order valence-electron chi connectivity index (χ0n) is 37.1. The highest BCUT2D eigenvalue weighted by molar-refractivity contribution is 6.31. The molecule has 16 aromatic rings. The van der Waals surface area contributed by atoms with Gasteiger partial charge in [0.25, 0.3) is 0 Å². The van der Waals surface area contributed by atoms with E-state index >= 15 is 0 Å². The lowest BCUT2D eigenvalue weighted by Gasteiger charge is -2.18. The van der Waals surface area contributed by atoms with Crippen LogP contribution in [0.1, 0.15) is 0 Å². The monoisotopic (exact) mass is 875 g/mol. The molecule has 0 aliphatic carbocycles. The van der Waals surface area contributed by atoms with Crippen molar-refractivity contribution < 1.29 is 8.83 Å². The van der Waals surface area contributed by atoms with Gasteiger partial charge in [-0.05, 0) is 166 Å². The smallest absolute Gasteiger partial charge is 0.137 e. The summed E-state index contributed by atoms with van der Waals surface area (Å²) in [5.74, 6) is 0. The summed E-state index contributed by atoms with van der Waals surface area (Å²) in [6.07, 6.45) is 0. The largest absolute Gasteiger partial charge is 0.456 e. The summed E-state index contributed by atoms with van der Waals surface area (Å²) in [5, 5.41) is 21.7. The van der Waals surface area contributed by atoms with Crippen LogP contribution < -0.4 is 0 Å². The fourth-order valence-electron chi connectivity index (χ4n) is 12.1. The minimum Gasteiger partial charge on any atom is -0.456 e. The quantitative estimate of drug-likeness (QED) is 0.131. The van der Waals surface area contributed by atoms with E-state index < -0.39 is 0 Å². The standard InChI is InChI=1S/C66H37NO2/c1-2-16-42(17-3-1)67-58-30-27-40(34-56(58)50-29-31-60-65(66(50)67)51-24-12-13-25-59(51)68-60)63-46-20-8-10-22-48(46)64(49-23-11-9-21-47(49)63)41-26-28-45-57-36-54-53-33-39-15-5-4-14-38(39)32-52(53)43-18-6-7-19-44(43)55(54)37-62(57)69-61(45)35-41/h1-37H. The van der Waals surface area contributed by atoms with Gasteiger partial charge in [-0.1, -0.05) is 146 Å². The number of aromatic nitrogens is 1. The van der Waals surface area contributed by atoms with Crippen LogP contribution in [0, 0.1) is 0 Å². The van der Waals surface area contributed by atoms with Gasteiger partial charge in [-0.3, -0.25) is 0 Å². The van der Waals surface area contributed by atoms with Gasteiger partial charge in [0.2, 0.25) is 0 Å². The molecule has 0 saturated heterocycles. The Morgan fingerprint density at radius 2 is 0.768 bits per heavy atom. The zero-order chi connectivity index (χ0) is 44.9. The van der Waals surface area contributed by atoms with Crippen LogP contribution in [0.15, 0.2) is 233 Å². The third-order valence-corrected chi connectivity index (χ3v) is 15.1. The average molecular weight is 876 g/mol. The first kappa shape index (κ1) is 37.0. The molecule has 3 aromatic heterocycles. The molecule has 0 atom stereocenters. The Labute approximate surface area is 394 Å². The van der Waals surface area contributed by atoms with Gasteiger partial charge in [-0.15, -0.1) is 0 Å². The number of fused-ring (bicyclic) bond motifs is 19. The summed E-state index contributed by atoms with van der Waals surface area (Å²) in [7, 11) is 0. The van der Waals surface area contributed by atoms with Crippen LogP contribution in [-0.4, -0.2) is 4.57 Å². The maximum absolute atomic E-state index is 6.92. The predicted molar refractivity (Wildman–Crippen MR) is 291 cm³/mol. The lowest BCUT2D eigenvalue weighted by Crippen LogP contribution is -1.94. The van der Waals surface area contributed by atoms with E-state index in [1.807, 2.05) is 6.07 Å². The number of nitrogens with zero attached hydrogens (tertiary/aromatic N) is 1. The van der Waals surface area contributed by atoms with Crippen molar-refractivity contribution in [3.8, 4) is 27.9 Å².